The number of ether oxygens (including phenoxy) is 1. The van der Waals surface area contributed by atoms with Gasteiger partial charge < -0.3 is 15.8 Å². The highest BCUT2D eigenvalue weighted by atomic mass is 19.1. The fraction of sp³-hybridized carbons (Fsp3) is 0.0417. The maximum atomic E-state index is 13.3. The van der Waals surface area contributed by atoms with Gasteiger partial charge in [0.25, 0.3) is 5.91 Å². The quantitative estimate of drug-likeness (QED) is 0.464. The van der Waals surface area contributed by atoms with Crippen molar-refractivity contribution in [3.05, 3.63) is 108 Å². The Morgan fingerprint density at radius 3 is 2.31 bits per heavy atom. The number of nitrogens with zero attached hydrogens (tertiary/aromatic N) is 2. The Labute approximate surface area is 183 Å². The van der Waals surface area contributed by atoms with Crippen molar-refractivity contribution in [3.63, 3.8) is 0 Å². The van der Waals surface area contributed by atoms with Crippen LogP contribution in [0.3, 0.4) is 0 Å². The van der Waals surface area contributed by atoms with E-state index in [2.05, 4.69) is 10.4 Å². The minimum Gasteiger partial charge on any atom is -0.485 e. The zero-order chi connectivity index (χ0) is 22.5. The zero-order valence-electron chi connectivity index (χ0n) is 16.9. The third kappa shape index (κ3) is 4.81. The van der Waals surface area contributed by atoms with E-state index in [0.717, 1.165) is 5.56 Å². The second-order valence-electron chi connectivity index (χ2n) is 6.93. The second-order valence-corrected chi connectivity index (χ2v) is 6.93. The first-order valence-electron chi connectivity index (χ1n) is 9.73. The van der Waals surface area contributed by atoms with Gasteiger partial charge in [0, 0.05) is 11.3 Å². The monoisotopic (exact) mass is 430 g/mol. The minimum atomic E-state index is -0.558. The standard InChI is InChI=1S/C24H19FN4O3/c25-18-8-12-20(13-9-18)29-14-21(32-15-16-4-2-1-3-5-16)22(28-29)24(31)27-19-10-6-17(7-11-19)23(26)30/h1-14H,15H2,(H2,26,30)(H,27,31). The molecule has 0 fully saturated rings. The molecule has 4 rings (SSSR count). The molecule has 160 valence electrons. The van der Waals surface area contributed by atoms with Crippen LogP contribution in [0.15, 0.2) is 85.1 Å². The van der Waals surface area contributed by atoms with Crippen molar-refractivity contribution in [1.29, 1.82) is 0 Å². The normalized spacial score (nSPS) is 10.5. The molecule has 0 aliphatic rings. The molecule has 0 aliphatic carbocycles. The fourth-order valence-electron chi connectivity index (χ4n) is 2.99. The van der Waals surface area contributed by atoms with Crippen molar-refractivity contribution in [1.82, 2.24) is 9.78 Å². The van der Waals surface area contributed by atoms with Crippen molar-refractivity contribution >= 4 is 17.5 Å². The van der Waals surface area contributed by atoms with Gasteiger partial charge in [-0.1, -0.05) is 30.3 Å². The predicted octanol–water partition coefficient (Wildman–Crippen LogP) is 3.94. The predicted molar refractivity (Wildman–Crippen MR) is 117 cm³/mol. The number of anilines is 1. The van der Waals surface area contributed by atoms with Crippen LogP contribution >= 0.6 is 0 Å². The largest absolute Gasteiger partial charge is 0.485 e. The summed E-state index contributed by atoms with van der Waals surface area (Å²) in [5.74, 6) is -1.17. The summed E-state index contributed by atoms with van der Waals surface area (Å²) in [5.41, 5.74) is 7.59. The summed E-state index contributed by atoms with van der Waals surface area (Å²) in [6, 6.07) is 21.4. The first kappa shape index (κ1) is 20.8. The molecule has 1 aromatic heterocycles. The van der Waals surface area contributed by atoms with Gasteiger partial charge in [0.15, 0.2) is 11.4 Å². The molecule has 3 aromatic carbocycles. The van der Waals surface area contributed by atoms with E-state index in [9.17, 15) is 14.0 Å². The van der Waals surface area contributed by atoms with E-state index in [-0.39, 0.29) is 23.9 Å². The number of hydrogen-bond donors (Lipinski definition) is 2. The van der Waals surface area contributed by atoms with Gasteiger partial charge in [-0.2, -0.15) is 5.10 Å². The number of amides is 2. The molecule has 0 saturated heterocycles. The number of rotatable bonds is 7. The molecule has 2 amide bonds. The number of nitrogens with two attached hydrogens (primary N) is 1. The molecule has 4 aromatic rings. The molecule has 0 spiro atoms. The maximum absolute atomic E-state index is 13.3. The van der Waals surface area contributed by atoms with E-state index >= 15 is 0 Å². The number of benzene rings is 3. The van der Waals surface area contributed by atoms with Crippen LogP contribution in [0.4, 0.5) is 10.1 Å². The van der Waals surface area contributed by atoms with E-state index in [1.807, 2.05) is 30.3 Å². The number of hydrogen-bond acceptors (Lipinski definition) is 4. The molecule has 7 nitrogen and oxygen atoms in total. The fourth-order valence-corrected chi connectivity index (χ4v) is 2.99. The van der Waals surface area contributed by atoms with Crippen molar-refractivity contribution in [3.8, 4) is 11.4 Å². The number of primary amides is 1. The summed E-state index contributed by atoms with van der Waals surface area (Å²) >= 11 is 0. The van der Waals surface area contributed by atoms with Crippen LogP contribution in [-0.2, 0) is 6.61 Å². The van der Waals surface area contributed by atoms with Crippen molar-refractivity contribution < 1.29 is 18.7 Å². The molecule has 0 bridgehead atoms. The van der Waals surface area contributed by atoms with E-state index in [4.69, 9.17) is 10.5 Å². The lowest BCUT2D eigenvalue weighted by molar-refractivity contribution is 0.0997. The Morgan fingerprint density at radius 1 is 0.969 bits per heavy atom. The molecule has 3 N–H and O–H groups in total. The van der Waals surface area contributed by atoms with Gasteiger partial charge in [0.1, 0.15) is 12.4 Å². The molecular formula is C24H19FN4O3. The molecule has 1 heterocycles. The number of halogens is 1. The van der Waals surface area contributed by atoms with E-state index < -0.39 is 11.8 Å². The number of carbonyl (C=O) groups is 2. The second kappa shape index (κ2) is 9.13. The molecular weight excluding hydrogens is 411 g/mol. The van der Waals surface area contributed by atoms with Gasteiger partial charge in [-0.25, -0.2) is 9.07 Å². The molecule has 0 atom stereocenters. The molecule has 32 heavy (non-hydrogen) atoms. The summed E-state index contributed by atoms with van der Waals surface area (Å²) in [5, 5.41) is 7.08. The average Bonchev–Trinajstić information content (AvgIpc) is 3.24. The first-order valence-corrected chi connectivity index (χ1v) is 9.73. The van der Waals surface area contributed by atoms with Gasteiger partial charge in [0.05, 0.1) is 11.9 Å². The zero-order valence-corrected chi connectivity index (χ0v) is 16.9. The topological polar surface area (TPSA) is 99.2 Å². The van der Waals surface area contributed by atoms with E-state index in [1.54, 1.807) is 30.5 Å². The van der Waals surface area contributed by atoms with Crippen LogP contribution in [0.5, 0.6) is 5.75 Å². The summed E-state index contributed by atoms with van der Waals surface area (Å²) in [6.07, 6.45) is 1.57. The Morgan fingerprint density at radius 2 is 1.66 bits per heavy atom. The SMILES string of the molecule is NC(=O)c1ccc(NC(=O)c2nn(-c3ccc(F)cc3)cc2OCc2ccccc2)cc1. The van der Waals surface area contributed by atoms with Crippen LogP contribution in [0, 0.1) is 5.82 Å². The highest BCUT2D eigenvalue weighted by Gasteiger charge is 2.20. The van der Waals surface area contributed by atoms with Crippen LogP contribution < -0.4 is 15.8 Å². The Kier molecular flexibility index (Phi) is 5.94. The number of nitrogens with one attached hydrogen (secondary N) is 1. The smallest absolute Gasteiger partial charge is 0.280 e. The molecule has 0 unspecified atom stereocenters. The maximum Gasteiger partial charge on any atom is 0.280 e. The van der Waals surface area contributed by atoms with Crippen LogP contribution in [0.2, 0.25) is 0 Å². The van der Waals surface area contributed by atoms with Gasteiger partial charge in [0.2, 0.25) is 5.91 Å². The highest BCUT2D eigenvalue weighted by Crippen LogP contribution is 2.23. The summed E-state index contributed by atoms with van der Waals surface area (Å²) in [7, 11) is 0. The number of carbonyl (C=O) groups excluding carboxylic acids is 2. The van der Waals surface area contributed by atoms with Crippen LogP contribution in [0.1, 0.15) is 26.4 Å². The molecule has 8 heteroatoms. The van der Waals surface area contributed by atoms with Crippen molar-refractivity contribution in [2.45, 2.75) is 6.61 Å². The lowest BCUT2D eigenvalue weighted by atomic mass is 10.2. The van der Waals surface area contributed by atoms with Gasteiger partial charge in [-0.3, -0.25) is 9.59 Å². The van der Waals surface area contributed by atoms with Gasteiger partial charge in [-0.05, 0) is 54.1 Å². The number of aromatic nitrogens is 2. The van der Waals surface area contributed by atoms with Gasteiger partial charge in [-0.15, -0.1) is 0 Å². The summed E-state index contributed by atoms with van der Waals surface area (Å²) < 4.78 is 20.6. The van der Waals surface area contributed by atoms with Crippen molar-refractivity contribution in [2.75, 3.05) is 5.32 Å². The Hall–Kier alpha value is -4.46. The summed E-state index contributed by atoms with van der Waals surface area (Å²) in [6.45, 7) is 0.240. The van der Waals surface area contributed by atoms with Crippen LogP contribution in [0.25, 0.3) is 5.69 Å². The van der Waals surface area contributed by atoms with Crippen molar-refractivity contribution in [2.24, 2.45) is 5.73 Å². The first-order chi connectivity index (χ1) is 15.5. The van der Waals surface area contributed by atoms with E-state index in [1.165, 1.54) is 28.9 Å². The third-order valence-electron chi connectivity index (χ3n) is 4.65. The Bertz CT molecular complexity index is 1240. The van der Waals surface area contributed by atoms with Crippen LogP contribution in [-0.4, -0.2) is 21.6 Å². The lowest BCUT2D eigenvalue weighted by Crippen LogP contribution is -2.15. The average molecular weight is 430 g/mol. The third-order valence-corrected chi connectivity index (χ3v) is 4.65. The highest BCUT2D eigenvalue weighted by molar-refractivity contribution is 6.05. The van der Waals surface area contributed by atoms with E-state index in [0.29, 0.717) is 16.9 Å². The minimum absolute atomic E-state index is 0.0595. The molecule has 0 radical (unpaired) electrons. The van der Waals surface area contributed by atoms with Gasteiger partial charge >= 0.3 is 0 Å². The lowest BCUT2D eigenvalue weighted by Gasteiger charge is -2.07. The molecule has 0 aliphatic heterocycles. The molecule has 0 saturated carbocycles. The Balaban J connectivity index is 1.60. The summed E-state index contributed by atoms with van der Waals surface area (Å²) in [4.78, 5) is 24.2.